The van der Waals surface area contributed by atoms with Crippen LogP contribution in [0.3, 0.4) is 0 Å². The number of amides is 1. The number of carbonyl (C=O) groups excluding carboxylic acids is 2. The van der Waals surface area contributed by atoms with E-state index in [2.05, 4.69) is 11.4 Å². The van der Waals surface area contributed by atoms with Crippen LogP contribution < -0.4 is 10.9 Å². The zero-order chi connectivity index (χ0) is 24.4. The van der Waals surface area contributed by atoms with Crippen molar-refractivity contribution < 1.29 is 19.5 Å². The van der Waals surface area contributed by atoms with E-state index in [1.165, 1.54) is 41.0 Å². The van der Waals surface area contributed by atoms with E-state index in [1.807, 2.05) is 0 Å². The Balaban J connectivity index is 1.73. The lowest BCUT2D eigenvalue weighted by Gasteiger charge is -2.23. The predicted octanol–water partition coefficient (Wildman–Crippen LogP) is 3.90. The van der Waals surface area contributed by atoms with E-state index in [0.29, 0.717) is 52.4 Å². The molecule has 1 heterocycles. The zero-order valence-electron chi connectivity index (χ0n) is 17.8. The molecular weight excluding hydrogens is 458 g/mol. The largest absolute Gasteiger partial charge is 0.478 e. The van der Waals surface area contributed by atoms with Gasteiger partial charge in [0.1, 0.15) is 6.54 Å². The molecular formula is C25H18ClN3O5. The monoisotopic (exact) mass is 475 g/mol. The van der Waals surface area contributed by atoms with Crippen molar-refractivity contribution in [1.82, 2.24) is 4.57 Å². The Kier molecular flexibility index (Phi) is 6.30. The quantitative estimate of drug-likeness (QED) is 0.575. The second kappa shape index (κ2) is 9.33. The molecule has 1 aromatic heterocycles. The van der Waals surface area contributed by atoms with Gasteiger partial charge in [-0.15, -0.1) is 0 Å². The number of benzene rings is 2. The van der Waals surface area contributed by atoms with Crippen LogP contribution in [0.15, 0.2) is 53.3 Å². The van der Waals surface area contributed by atoms with Gasteiger partial charge in [-0.3, -0.25) is 14.4 Å². The number of nitriles is 1. The Morgan fingerprint density at radius 3 is 2.47 bits per heavy atom. The summed E-state index contributed by atoms with van der Waals surface area (Å²) >= 11 is 6.12. The number of hydrogen-bond donors (Lipinski definition) is 2. The van der Waals surface area contributed by atoms with Crippen LogP contribution in [0.4, 0.5) is 5.69 Å². The second-order valence-corrected chi connectivity index (χ2v) is 8.25. The van der Waals surface area contributed by atoms with Crippen LogP contribution in [0.5, 0.6) is 0 Å². The normalized spacial score (nSPS) is 12.5. The summed E-state index contributed by atoms with van der Waals surface area (Å²) in [7, 11) is 0. The summed E-state index contributed by atoms with van der Waals surface area (Å²) in [4.78, 5) is 49.7. The van der Waals surface area contributed by atoms with Gasteiger partial charge in [0.05, 0.1) is 17.2 Å². The number of aromatic carboxylic acids is 1. The first kappa shape index (κ1) is 23.0. The Hall–Kier alpha value is -4.22. The van der Waals surface area contributed by atoms with Gasteiger partial charge < -0.3 is 15.0 Å². The van der Waals surface area contributed by atoms with Gasteiger partial charge in [-0.25, -0.2) is 4.79 Å². The molecule has 170 valence electrons. The number of ketones is 1. The van der Waals surface area contributed by atoms with Crippen molar-refractivity contribution in [1.29, 1.82) is 5.26 Å². The number of nitrogens with one attached hydrogen (secondary N) is 1. The summed E-state index contributed by atoms with van der Waals surface area (Å²) in [6.07, 6.45) is 1.25. The smallest absolute Gasteiger partial charge is 0.335 e. The van der Waals surface area contributed by atoms with Crippen LogP contribution in [-0.4, -0.2) is 27.3 Å². The van der Waals surface area contributed by atoms with E-state index in [9.17, 15) is 24.4 Å². The molecule has 8 nitrogen and oxygen atoms in total. The summed E-state index contributed by atoms with van der Waals surface area (Å²) < 4.78 is 1.27. The van der Waals surface area contributed by atoms with Gasteiger partial charge in [0.2, 0.25) is 5.91 Å². The van der Waals surface area contributed by atoms with Crippen LogP contribution in [-0.2, 0) is 17.8 Å². The molecule has 1 amide bonds. The number of anilines is 1. The van der Waals surface area contributed by atoms with Crippen molar-refractivity contribution in [2.75, 3.05) is 5.32 Å². The second-order valence-electron chi connectivity index (χ2n) is 7.81. The molecule has 3 aromatic rings. The van der Waals surface area contributed by atoms with Crippen molar-refractivity contribution in [2.45, 2.75) is 25.8 Å². The van der Waals surface area contributed by atoms with E-state index in [4.69, 9.17) is 16.7 Å². The van der Waals surface area contributed by atoms with E-state index >= 15 is 0 Å². The SMILES string of the molecule is N#Cc1ccc(Cl)cc1-c1cc(=O)n(CC(=O)Nc2ccc(C(=O)O)cc2)c2c1C(=O)CCC2. The first-order valence-corrected chi connectivity index (χ1v) is 10.8. The number of pyridine rings is 1. The highest BCUT2D eigenvalue weighted by atomic mass is 35.5. The van der Waals surface area contributed by atoms with E-state index in [0.717, 1.165) is 0 Å². The standard InChI is InChI=1S/C25H18ClN3O5/c26-16-7-4-15(12-27)18(10-16)19-11-23(32)29(20-2-1-3-21(30)24(19)20)13-22(31)28-17-8-5-14(6-9-17)25(33)34/h4-11H,1-3,13H2,(H,28,31)(H,33,34). The summed E-state index contributed by atoms with van der Waals surface area (Å²) in [6, 6.07) is 13.6. The molecule has 0 spiro atoms. The third-order valence-electron chi connectivity index (χ3n) is 5.62. The number of carbonyl (C=O) groups is 3. The van der Waals surface area contributed by atoms with Crippen molar-refractivity contribution in [3.05, 3.63) is 86.3 Å². The van der Waals surface area contributed by atoms with Gasteiger partial charge in [0.25, 0.3) is 5.56 Å². The summed E-state index contributed by atoms with van der Waals surface area (Å²) in [5.41, 5.74) is 1.76. The number of carboxylic acids is 1. The number of rotatable bonds is 5. The average molecular weight is 476 g/mol. The maximum absolute atomic E-state index is 13.1. The fraction of sp³-hybridized carbons (Fsp3) is 0.160. The summed E-state index contributed by atoms with van der Waals surface area (Å²) in [6.45, 7) is -0.323. The number of aromatic nitrogens is 1. The van der Waals surface area contributed by atoms with Crippen molar-refractivity contribution >= 4 is 34.9 Å². The average Bonchev–Trinajstić information content (AvgIpc) is 2.81. The van der Waals surface area contributed by atoms with E-state index < -0.39 is 17.4 Å². The number of Topliss-reactive ketones (excluding diaryl/α,β-unsaturated/α-hetero) is 1. The number of carboxylic acid groups (broad SMARTS) is 1. The Morgan fingerprint density at radius 2 is 1.79 bits per heavy atom. The number of fused-ring (bicyclic) bond motifs is 1. The van der Waals surface area contributed by atoms with Gasteiger partial charge in [-0.1, -0.05) is 11.6 Å². The highest BCUT2D eigenvalue weighted by Crippen LogP contribution is 2.33. The van der Waals surface area contributed by atoms with Gasteiger partial charge >= 0.3 is 5.97 Å². The maximum Gasteiger partial charge on any atom is 0.335 e. The molecule has 4 rings (SSSR count). The van der Waals surface area contributed by atoms with Crippen LogP contribution >= 0.6 is 11.6 Å². The molecule has 2 N–H and O–H groups in total. The minimum absolute atomic E-state index is 0.0788. The van der Waals surface area contributed by atoms with Crippen molar-refractivity contribution in [3.8, 4) is 17.2 Å². The van der Waals surface area contributed by atoms with E-state index in [-0.39, 0.29) is 23.5 Å². The van der Waals surface area contributed by atoms with Crippen molar-refractivity contribution in [3.63, 3.8) is 0 Å². The molecule has 9 heteroatoms. The molecule has 0 radical (unpaired) electrons. The van der Waals surface area contributed by atoms with Crippen molar-refractivity contribution in [2.24, 2.45) is 0 Å². The number of halogens is 1. The third-order valence-corrected chi connectivity index (χ3v) is 5.86. The first-order valence-electron chi connectivity index (χ1n) is 10.4. The topological polar surface area (TPSA) is 129 Å². The highest BCUT2D eigenvalue weighted by molar-refractivity contribution is 6.31. The fourth-order valence-corrected chi connectivity index (χ4v) is 4.24. The van der Waals surface area contributed by atoms with Gasteiger partial charge in [0, 0.05) is 45.6 Å². The van der Waals surface area contributed by atoms with Crippen LogP contribution in [0, 0.1) is 11.3 Å². The first-order chi connectivity index (χ1) is 16.3. The Bertz CT molecular complexity index is 1430. The molecule has 0 unspecified atom stereocenters. The van der Waals surface area contributed by atoms with Gasteiger partial charge in [-0.2, -0.15) is 5.26 Å². The molecule has 0 bridgehead atoms. The minimum Gasteiger partial charge on any atom is -0.478 e. The minimum atomic E-state index is -1.08. The summed E-state index contributed by atoms with van der Waals surface area (Å²) in [5, 5.41) is 21.5. The lowest BCUT2D eigenvalue weighted by molar-refractivity contribution is -0.116. The van der Waals surface area contributed by atoms with Gasteiger partial charge in [0.15, 0.2) is 5.78 Å². The van der Waals surface area contributed by atoms with Crippen LogP contribution in [0.25, 0.3) is 11.1 Å². The predicted molar refractivity (Wildman–Crippen MR) is 125 cm³/mol. The fourth-order valence-electron chi connectivity index (χ4n) is 4.07. The Labute approximate surface area is 199 Å². The van der Waals surface area contributed by atoms with Crippen LogP contribution in [0.1, 0.15) is 44.8 Å². The van der Waals surface area contributed by atoms with Gasteiger partial charge in [-0.05, 0) is 55.3 Å². The molecule has 1 aliphatic carbocycles. The molecule has 0 aliphatic heterocycles. The Morgan fingerprint density at radius 1 is 1.06 bits per heavy atom. The van der Waals surface area contributed by atoms with E-state index in [1.54, 1.807) is 12.1 Å². The maximum atomic E-state index is 13.1. The molecule has 0 saturated heterocycles. The lowest BCUT2D eigenvalue weighted by atomic mass is 9.86. The van der Waals surface area contributed by atoms with Crippen LogP contribution in [0.2, 0.25) is 5.02 Å². The number of nitrogens with zero attached hydrogens (tertiary/aromatic N) is 2. The number of hydrogen-bond acceptors (Lipinski definition) is 5. The lowest BCUT2D eigenvalue weighted by Crippen LogP contribution is -2.33. The molecule has 1 aliphatic rings. The summed E-state index contributed by atoms with van der Waals surface area (Å²) in [5.74, 6) is -1.75. The molecule has 0 fully saturated rings. The zero-order valence-corrected chi connectivity index (χ0v) is 18.6. The molecule has 0 atom stereocenters. The third kappa shape index (κ3) is 4.47. The molecule has 2 aromatic carbocycles. The molecule has 0 saturated carbocycles. The highest BCUT2D eigenvalue weighted by Gasteiger charge is 2.27. The molecule has 34 heavy (non-hydrogen) atoms.